The van der Waals surface area contributed by atoms with E-state index in [-0.39, 0.29) is 11.8 Å². The Balaban J connectivity index is 1.76. The zero-order valence-corrected chi connectivity index (χ0v) is 16.9. The summed E-state index contributed by atoms with van der Waals surface area (Å²) in [7, 11) is 0. The minimum atomic E-state index is -0.943. The maximum atomic E-state index is 14.0. The minimum Gasteiger partial charge on any atom is -0.492 e. The van der Waals surface area contributed by atoms with E-state index in [1.807, 2.05) is 6.92 Å². The molecule has 4 rings (SSSR count). The Labute approximate surface area is 170 Å². The lowest BCUT2D eigenvalue weighted by molar-refractivity contribution is -0.130. The summed E-state index contributed by atoms with van der Waals surface area (Å²) in [6.07, 6.45) is 0.642. The maximum absolute atomic E-state index is 14.0. The largest absolute Gasteiger partial charge is 0.492 e. The number of fused-ring (bicyclic) bond motifs is 1. The molecule has 1 atom stereocenters. The van der Waals surface area contributed by atoms with Gasteiger partial charge in [-0.1, -0.05) is 24.3 Å². The van der Waals surface area contributed by atoms with Crippen molar-refractivity contribution in [3.8, 4) is 5.88 Å². The van der Waals surface area contributed by atoms with E-state index in [9.17, 15) is 18.7 Å². The molecule has 29 heavy (non-hydrogen) atoms. The van der Waals surface area contributed by atoms with Crippen LogP contribution in [-0.4, -0.2) is 61.6 Å². The number of carbonyl (C=O) groups is 1. The van der Waals surface area contributed by atoms with Crippen molar-refractivity contribution in [3.05, 3.63) is 46.1 Å². The second-order valence-corrected chi connectivity index (χ2v) is 7.99. The van der Waals surface area contributed by atoms with E-state index in [0.717, 1.165) is 12.1 Å². The van der Waals surface area contributed by atoms with Crippen LogP contribution in [0.5, 0.6) is 5.88 Å². The second kappa shape index (κ2) is 7.68. The number of nitrogens with zero attached hydrogens (tertiary/aromatic N) is 5. The Hall–Kier alpha value is -2.59. The standard InChI is InChI=1S/C19H21F2N5O2S/c1-3-15-22-19-26(23-15)18(28)17(29-19)16(12-4-5-13(20)14(21)10-12)25-8-6-24(7-9-25)11(2)27/h4-5,10,16,28H,3,6-9H2,1-2H3/t16-/m1/s1. The molecule has 1 saturated heterocycles. The van der Waals surface area contributed by atoms with Crippen molar-refractivity contribution in [3.63, 3.8) is 0 Å². The fourth-order valence-corrected chi connectivity index (χ4v) is 4.76. The number of piperazine rings is 1. The average Bonchev–Trinajstić information content (AvgIpc) is 3.25. The van der Waals surface area contributed by atoms with Gasteiger partial charge in [-0.25, -0.2) is 13.8 Å². The van der Waals surface area contributed by atoms with Gasteiger partial charge in [-0.05, 0) is 17.7 Å². The third-order valence-corrected chi connectivity index (χ3v) is 6.26. The molecule has 3 aromatic rings. The molecule has 1 fully saturated rings. The molecule has 1 aliphatic rings. The molecule has 0 aliphatic carbocycles. The van der Waals surface area contributed by atoms with E-state index >= 15 is 0 Å². The summed E-state index contributed by atoms with van der Waals surface area (Å²) < 4.78 is 28.9. The molecule has 1 aliphatic heterocycles. The molecule has 0 bridgehead atoms. The zero-order chi connectivity index (χ0) is 20.7. The molecule has 1 N–H and O–H groups in total. The van der Waals surface area contributed by atoms with Crippen molar-refractivity contribution >= 4 is 22.2 Å². The summed E-state index contributed by atoms with van der Waals surface area (Å²) in [6.45, 7) is 5.58. The maximum Gasteiger partial charge on any atom is 0.230 e. The number of carbonyl (C=O) groups excluding carboxylic acids is 1. The molecule has 1 amide bonds. The summed E-state index contributed by atoms with van der Waals surface area (Å²) in [5.41, 5.74) is 0.524. The van der Waals surface area contributed by atoms with Gasteiger partial charge in [-0.15, -0.1) is 5.10 Å². The molecule has 0 spiro atoms. The summed E-state index contributed by atoms with van der Waals surface area (Å²) in [6, 6.07) is 3.27. The predicted molar refractivity (Wildman–Crippen MR) is 104 cm³/mol. The normalized spacial score (nSPS) is 16.5. The van der Waals surface area contributed by atoms with Crippen LogP contribution >= 0.6 is 11.3 Å². The number of hydrogen-bond donors (Lipinski definition) is 1. The Morgan fingerprint density at radius 1 is 1.24 bits per heavy atom. The van der Waals surface area contributed by atoms with Crippen molar-refractivity contribution in [2.24, 2.45) is 0 Å². The van der Waals surface area contributed by atoms with Gasteiger partial charge >= 0.3 is 0 Å². The highest BCUT2D eigenvalue weighted by Crippen LogP contribution is 2.40. The number of halogens is 2. The van der Waals surface area contributed by atoms with Crippen LogP contribution in [0, 0.1) is 11.6 Å². The van der Waals surface area contributed by atoms with Crippen LogP contribution in [0.1, 0.15) is 36.2 Å². The monoisotopic (exact) mass is 421 g/mol. The smallest absolute Gasteiger partial charge is 0.230 e. The van der Waals surface area contributed by atoms with Crippen LogP contribution in [0.2, 0.25) is 0 Å². The van der Waals surface area contributed by atoms with Crippen LogP contribution in [0.25, 0.3) is 4.96 Å². The Morgan fingerprint density at radius 3 is 2.55 bits per heavy atom. The lowest BCUT2D eigenvalue weighted by Gasteiger charge is -2.38. The lowest BCUT2D eigenvalue weighted by atomic mass is 10.0. The molecule has 10 heteroatoms. The van der Waals surface area contributed by atoms with Crippen LogP contribution in [0.3, 0.4) is 0 Å². The molecular formula is C19H21F2N5O2S. The van der Waals surface area contributed by atoms with E-state index in [1.165, 1.54) is 28.8 Å². The number of hydrogen-bond acceptors (Lipinski definition) is 6. The summed E-state index contributed by atoms with van der Waals surface area (Å²) in [5, 5.41) is 15.1. The first-order valence-electron chi connectivity index (χ1n) is 9.40. The van der Waals surface area contributed by atoms with Crippen molar-refractivity contribution in [1.82, 2.24) is 24.4 Å². The molecule has 2 aromatic heterocycles. The fraction of sp³-hybridized carbons (Fsp3) is 0.421. The molecular weight excluding hydrogens is 400 g/mol. The Kier molecular flexibility index (Phi) is 5.22. The van der Waals surface area contributed by atoms with Gasteiger partial charge in [-0.2, -0.15) is 4.52 Å². The third-order valence-electron chi connectivity index (χ3n) is 5.19. The molecule has 154 valence electrons. The van der Waals surface area contributed by atoms with Gasteiger partial charge in [0.25, 0.3) is 0 Å². The first kappa shape index (κ1) is 19.7. The molecule has 0 saturated carbocycles. The van der Waals surface area contributed by atoms with E-state index in [4.69, 9.17) is 0 Å². The van der Waals surface area contributed by atoms with Gasteiger partial charge < -0.3 is 10.0 Å². The molecule has 1 aromatic carbocycles. The van der Waals surface area contributed by atoms with Gasteiger partial charge in [0.2, 0.25) is 16.7 Å². The van der Waals surface area contributed by atoms with E-state index in [2.05, 4.69) is 15.0 Å². The molecule has 7 nitrogen and oxygen atoms in total. The second-order valence-electron chi connectivity index (χ2n) is 6.98. The Bertz CT molecular complexity index is 1060. The highest BCUT2D eigenvalue weighted by molar-refractivity contribution is 7.17. The van der Waals surface area contributed by atoms with Crippen LogP contribution in [-0.2, 0) is 11.2 Å². The number of aryl methyl sites for hydroxylation is 1. The van der Waals surface area contributed by atoms with E-state index in [1.54, 1.807) is 4.90 Å². The summed E-state index contributed by atoms with van der Waals surface area (Å²) >= 11 is 1.27. The topological polar surface area (TPSA) is 74.0 Å². The van der Waals surface area contributed by atoms with Crippen LogP contribution in [0.15, 0.2) is 18.2 Å². The number of amides is 1. The van der Waals surface area contributed by atoms with Crippen molar-refractivity contribution < 1.29 is 18.7 Å². The first-order chi connectivity index (χ1) is 13.9. The summed E-state index contributed by atoms with van der Waals surface area (Å²) in [4.78, 5) is 21.0. The van der Waals surface area contributed by atoms with Crippen LogP contribution in [0.4, 0.5) is 8.78 Å². The minimum absolute atomic E-state index is 0.00256. The average molecular weight is 421 g/mol. The van der Waals surface area contributed by atoms with Gasteiger partial charge in [0.05, 0.1) is 10.9 Å². The number of thiazole rings is 1. The van der Waals surface area contributed by atoms with Crippen molar-refractivity contribution in [2.75, 3.05) is 26.2 Å². The fourth-order valence-electron chi connectivity index (χ4n) is 3.62. The van der Waals surface area contributed by atoms with Gasteiger partial charge in [0.1, 0.15) is 0 Å². The molecule has 0 unspecified atom stereocenters. The van der Waals surface area contributed by atoms with Gasteiger partial charge in [0.15, 0.2) is 17.5 Å². The SMILES string of the molecule is CCc1nc2sc([C@@H](c3ccc(F)c(F)c3)N3CCN(C(C)=O)CC3)c(O)n2n1. The number of rotatable bonds is 4. The van der Waals surface area contributed by atoms with Gasteiger partial charge in [-0.3, -0.25) is 9.69 Å². The summed E-state index contributed by atoms with van der Waals surface area (Å²) in [5.74, 6) is -1.29. The van der Waals surface area contributed by atoms with E-state index in [0.29, 0.717) is 53.8 Å². The van der Waals surface area contributed by atoms with Crippen molar-refractivity contribution in [1.29, 1.82) is 0 Å². The number of aromatic hydroxyl groups is 1. The zero-order valence-electron chi connectivity index (χ0n) is 16.1. The molecule has 3 heterocycles. The first-order valence-corrected chi connectivity index (χ1v) is 10.2. The quantitative estimate of drug-likeness (QED) is 0.701. The number of benzene rings is 1. The highest BCUT2D eigenvalue weighted by Gasteiger charge is 2.32. The Morgan fingerprint density at radius 2 is 1.97 bits per heavy atom. The lowest BCUT2D eigenvalue weighted by Crippen LogP contribution is -2.49. The highest BCUT2D eigenvalue weighted by atomic mass is 32.1. The number of aromatic nitrogens is 3. The van der Waals surface area contributed by atoms with Crippen molar-refractivity contribution in [2.45, 2.75) is 26.3 Å². The third kappa shape index (κ3) is 3.58. The van der Waals surface area contributed by atoms with Crippen LogP contribution < -0.4 is 0 Å². The molecule has 0 radical (unpaired) electrons. The van der Waals surface area contributed by atoms with Gasteiger partial charge in [0, 0.05) is 39.5 Å². The predicted octanol–water partition coefficient (Wildman–Crippen LogP) is 2.59. The van der Waals surface area contributed by atoms with E-state index < -0.39 is 17.7 Å².